The highest BCUT2D eigenvalue weighted by atomic mass is 16.6. The summed E-state index contributed by atoms with van der Waals surface area (Å²) in [4.78, 5) is 12.2. The average Bonchev–Trinajstić information content (AvgIpc) is 3.16. The highest BCUT2D eigenvalue weighted by Gasteiger charge is 2.13. The largest absolute Gasteiger partial charge is 0.457 e. The quantitative estimate of drug-likeness (QED) is 0.0401. The van der Waals surface area contributed by atoms with Crippen molar-refractivity contribution >= 4 is 5.97 Å². The molecular weight excluding hydrogens is 653 g/mol. The summed E-state index contributed by atoms with van der Waals surface area (Å²) in [6, 6.07) is 0. The Morgan fingerprint density at radius 1 is 0.453 bits per heavy atom. The van der Waals surface area contributed by atoms with Crippen molar-refractivity contribution in [2.75, 3.05) is 19.8 Å². The molecule has 0 aliphatic carbocycles. The fraction of sp³-hybridized carbons (Fsp3) is 0.490. The number of hydrogen-bond acceptors (Lipinski definition) is 4. The summed E-state index contributed by atoms with van der Waals surface area (Å²) < 4.78 is 11.1. The summed E-state index contributed by atoms with van der Waals surface area (Å²) in [6.07, 6.45) is 69.1. The molecule has 0 spiro atoms. The number of esters is 1. The molecule has 1 atom stereocenters. The minimum absolute atomic E-state index is 0.224. The first-order chi connectivity index (χ1) is 26.2. The molecule has 0 saturated heterocycles. The van der Waals surface area contributed by atoms with Crippen molar-refractivity contribution < 1.29 is 19.4 Å². The van der Waals surface area contributed by atoms with Crippen molar-refractivity contribution in [2.45, 2.75) is 136 Å². The van der Waals surface area contributed by atoms with Gasteiger partial charge in [0, 0.05) is 13.0 Å². The Balaban J connectivity index is 3.71. The molecule has 0 amide bonds. The molecule has 0 aromatic rings. The van der Waals surface area contributed by atoms with Crippen molar-refractivity contribution in [3.8, 4) is 0 Å². The van der Waals surface area contributed by atoms with E-state index < -0.39 is 6.10 Å². The van der Waals surface area contributed by atoms with Crippen LogP contribution in [0.2, 0.25) is 0 Å². The number of ether oxygens (including phenoxy) is 2. The van der Waals surface area contributed by atoms with Crippen molar-refractivity contribution in [3.05, 3.63) is 146 Å². The van der Waals surface area contributed by atoms with E-state index in [1.807, 2.05) is 0 Å². The van der Waals surface area contributed by atoms with Crippen molar-refractivity contribution in [1.82, 2.24) is 0 Å². The molecule has 0 fully saturated rings. The number of allylic oxidation sites excluding steroid dienone is 24. The maximum atomic E-state index is 12.2. The van der Waals surface area contributed by atoms with Gasteiger partial charge in [-0.3, -0.25) is 4.79 Å². The van der Waals surface area contributed by atoms with E-state index in [9.17, 15) is 9.90 Å². The first-order valence-electron chi connectivity index (χ1n) is 20.4. The van der Waals surface area contributed by atoms with Crippen LogP contribution < -0.4 is 0 Å². The maximum Gasteiger partial charge on any atom is 0.306 e. The number of rotatable bonds is 35. The second-order valence-electron chi connectivity index (χ2n) is 12.6. The van der Waals surface area contributed by atoms with E-state index in [4.69, 9.17) is 9.47 Å². The molecule has 4 heteroatoms. The van der Waals surface area contributed by atoms with E-state index in [0.29, 0.717) is 13.0 Å². The zero-order chi connectivity index (χ0) is 38.4. The fourth-order valence-corrected chi connectivity index (χ4v) is 4.69. The molecule has 0 heterocycles. The smallest absolute Gasteiger partial charge is 0.306 e. The van der Waals surface area contributed by atoms with Gasteiger partial charge in [-0.2, -0.15) is 0 Å². The predicted molar refractivity (Wildman–Crippen MR) is 232 cm³/mol. The monoisotopic (exact) mass is 727 g/mol. The number of aliphatic hydroxyl groups excluding tert-OH is 1. The third kappa shape index (κ3) is 42.6. The maximum absolute atomic E-state index is 12.2. The minimum atomic E-state index is -0.600. The van der Waals surface area contributed by atoms with E-state index in [1.54, 1.807) is 0 Å². The molecule has 53 heavy (non-hydrogen) atoms. The minimum Gasteiger partial charge on any atom is -0.457 e. The Kier molecular flexibility index (Phi) is 41.3. The lowest BCUT2D eigenvalue weighted by Crippen LogP contribution is -2.27. The van der Waals surface area contributed by atoms with Gasteiger partial charge < -0.3 is 14.6 Å². The second kappa shape index (κ2) is 44.4. The topological polar surface area (TPSA) is 55.8 Å². The Morgan fingerprint density at radius 3 is 1.11 bits per heavy atom. The van der Waals surface area contributed by atoms with Gasteiger partial charge >= 0.3 is 5.97 Å². The molecule has 1 unspecified atom stereocenters. The third-order valence-electron chi connectivity index (χ3n) is 7.66. The fourth-order valence-electron chi connectivity index (χ4n) is 4.69. The predicted octanol–water partition coefficient (Wildman–Crippen LogP) is 13.6. The molecule has 0 aromatic carbocycles. The molecule has 0 radical (unpaired) electrons. The number of unbranched alkanes of at least 4 members (excludes halogenated alkanes) is 3. The van der Waals surface area contributed by atoms with Crippen LogP contribution in [0.4, 0.5) is 0 Å². The lowest BCUT2D eigenvalue weighted by atomic mass is 10.2. The Labute approximate surface area is 325 Å². The number of aliphatic hydroxyl groups is 1. The summed E-state index contributed by atoms with van der Waals surface area (Å²) in [5.41, 5.74) is 0. The van der Waals surface area contributed by atoms with Crippen molar-refractivity contribution in [2.24, 2.45) is 0 Å². The van der Waals surface area contributed by atoms with Gasteiger partial charge in [-0.05, 0) is 109 Å². The van der Waals surface area contributed by atoms with Crippen LogP contribution in [0.1, 0.15) is 129 Å². The third-order valence-corrected chi connectivity index (χ3v) is 7.66. The van der Waals surface area contributed by atoms with Gasteiger partial charge in [-0.1, -0.05) is 160 Å². The van der Waals surface area contributed by atoms with Crippen LogP contribution in [0, 0.1) is 0 Å². The lowest BCUT2D eigenvalue weighted by Gasteiger charge is -2.15. The van der Waals surface area contributed by atoms with Crippen LogP contribution in [-0.4, -0.2) is 37.0 Å². The van der Waals surface area contributed by atoms with E-state index in [1.165, 1.54) is 0 Å². The number of hydrogen-bond donors (Lipinski definition) is 1. The van der Waals surface area contributed by atoms with Gasteiger partial charge in [0.1, 0.15) is 6.10 Å². The van der Waals surface area contributed by atoms with Gasteiger partial charge in [-0.15, -0.1) is 0 Å². The molecule has 0 aromatic heterocycles. The highest BCUT2D eigenvalue weighted by Crippen LogP contribution is 2.05. The van der Waals surface area contributed by atoms with Gasteiger partial charge in [0.05, 0.1) is 13.2 Å². The van der Waals surface area contributed by atoms with Gasteiger partial charge in [-0.25, -0.2) is 0 Å². The number of carbonyl (C=O) groups is 1. The van der Waals surface area contributed by atoms with Crippen molar-refractivity contribution in [1.29, 1.82) is 0 Å². The van der Waals surface area contributed by atoms with E-state index >= 15 is 0 Å². The standard InChI is InChI=1S/C49H74O4/c1-3-5-7-9-11-13-15-17-19-21-22-23-24-25-26-27-29-31-33-35-37-39-41-43-45-52-47-48(46-50)53-49(51)44-42-40-38-36-34-32-30-28-20-18-16-14-12-10-8-6-4-2/h5-8,11-14,17-20,22-23,25-26,29-32,35-38,48,50H,3-4,9-10,15-16,21,24,27-28,33-34,39-47H2,1-2H3/b7-5-,8-6-,13-11-,14-12-,19-17-,20-18-,23-22-,26-25-,31-29-,32-30-,37-35-,38-36-. The number of carbonyl (C=O) groups excluding carboxylic acids is 1. The SMILES string of the molecule is CC/C=C\C/C=C\C/C=C\C/C=C\C/C=C\C/C=C\C/C=C\CCCCOCC(CO)OC(=O)CCC/C=C\C/C=C\C/C=C\C/C=C\C/C=C\CC. The normalized spacial score (nSPS) is 13.9. The molecule has 294 valence electrons. The van der Waals surface area contributed by atoms with Gasteiger partial charge in [0.15, 0.2) is 0 Å². The lowest BCUT2D eigenvalue weighted by molar-refractivity contribution is -0.154. The summed E-state index contributed by atoms with van der Waals surface area (Å²) in [5, 5.41) is 9.58. The molecular formula is C49H74O4. The first-order valence-corrected chi connectivity index (χ1v) is 20.4. The first kappa shape index (κ1) is 49.3. The summed E-state index contributed by atoms with van der Waals surface area (Å²) in [6.45, 7) is 4.91. The molecule has 1 N–H and O–H groups in total. The Bertz CT molecular complexity index is 1170. The average molecular weight is 727 g/mol. The van der Waals surface area contributed by atoms with Crippen LogP contribution in [-0.2, 0) is 14.3 Å². The molecule has 0 rings (SSSR count). The second-order valence-corrected chi connectivity index (χ2v) is 12.6. The van der Waals surface area contributed by atoms with Crippen molar-refractivity contribution in [3.63, 3.8) is 0 Å². The van der Waals surface area contributed by atoms with E-state index in [-0.39, 0.29) is 19.2 Å². The molecule has 0 aliphatic rings. The van der Waals surface area contributed by atoms with Gasteiger partial charge in [0.2, 0.25) is 0 Å². The van der Waals surface area contributed by atoms with Gasteiger partial charge in [0.25, 0.3) is 0 Å². The molecule has 0 bridgehead atoms. The molecule has 0 saturated carbocycles. The zero-order valence-corrected chi connectivity index (χ0v) is 33.5. The summed E-state index contributed by atoms with van der Waals surface area (Å²) >= 11 is 0. The van der Waals surface area contributed by atoms with E-state index in [2.05, 4.69) is 160 Å². The highest BCUT2D eigenvalue weighted by molar-refractivity contribution is 5.69. The Morgan fingerprint density at radius 2 is 0.774 bits per heavy atom. The van der Waals surface area contributed by atoms with Crippen LogP contribution in [0.5, 0.6) is 0 Å². The zero-order valence-electron chi connectivity index (χ0n) is 33.5. The van der Waals surface area contributed by atoms with E-state index in [0.717, 1.165) is 109 Å². The molecule has 0 aliphatic heterocycles. The van der Waals surface area contributed by atoms with Crippen LogP contribution >= 0.6 is 0 Å². The summed E-state index contributed by atoms with van der Waals surface area (Å²) in [7, 11) is 0. The van der Waals surface area contributed by atoms with Crippen LogP contribution in [0.3, 0.4) is 0 Å². The summed E-state index contributed by atoms with van der Waals surface area (Å²) in [5.74, 6) is -0.281. The van der Waals surface area contributed by atoms with Crippen LogP contribution in [0.15, 0.2) is 146 Å². The Hall–Kier alpha value is -3.73. The van der Waals surface area contributed by atoms with Crippen LogP contribution in [0.25, 0.3) is 0 Å². The molecule has 4 nitrogen and oxygen atoms in total.